The normalized spacial score (nSPS) is 18.6. The van der Waals surface area contributed by atoms with Crippen LogP contribution in [0.15, 0.2) is 79.0 Å². The van der Waals surface area contributed by atoms with Crippen molar-refractivity contribution in [1.82, 2.24) is 19.6 Å². The number of aliphatic carboxylic acids is 1. The molecule has 0 aliphatic carbocycles. The van der Waals surface area contributed by atoms with E-state index in [2.05, 4.69) is 46.2 Å². The molecule has 5 aromatic rings. The number of hydrogen-bond donors (Lipinski definition) is 2. The van der Waals surface area contributed by atoms with Crippen LogP contribution in [0.2, 0.25) is 10.0 Å². The summed E-state index contributed by atoms with van der Waals surface area (Å²) in [6.45, 7) is 4.74. The molecule has 0 amide bonds. The highest BCUT2D eigenvalue weighted by Gasteiger charge is 2.28. The van der Waals surface area contributed by atoms with E-state index in [4.69, 9.17) is 33.0 Å². The van der Waals surface area contributed by atoms with E-state index in [1.54, 1.807) is 7.11 Å². The first-order chi connectivity index (χ1) is 23.3. The lowest BCUT2D eigenvalue weighted by molar-refractivity contribution is -0.141. The number of aliphatic hydroxyl groups excluding tert-OH is 1. The molecule has 0 bridgehead atoms. The molecule has 48 heavy (non-hydrogen) atoms. The number of rotatable bonds is 10. The molecule has 2 aliphatic heterocycles. The number of methoxy groups -OCH3 is 1. The number of carboxylic acid groups (broad SMARTS) is 1. The molecule has 2 N–H and O–H groups in total. The van der Waals surface area contributed by atoms with Gasteiger partial charge in [-0.1, -0.05) is 77.8 Å². The van der Waals surface area contributed by atoms with Crippen LogP contribution in [0.25, 0.3) is 33.2 Å². The molecule has 2 atom stereocenters. The Balaban J connectivity index is 1.12. The van der Waals surface area contributed by atoms with Crippen LogP contribution in [0.4, 0.5) is 0 Å². The van der Waals surface area contributed by atoms with Crippen LogP contribution in [0, 0.1) is 5.92 Å². The van der Waals surface area contributed by atoms with Crippen LogP contribution in [-0.4, -0.2) is 75.2 Å². The molecule has 7 rings (SSSR count). The van der Waals surface area contributed by atoms with Gasteiger partial charge < -0.3 is 14.9 Å². The fourth-order valence-electron chi connectivity index (χ4n) is 7.08. The molecule has 1 aromatic heterocycles. The minimum absolute atomic E-state index is 0.224. The second kappa shape index (κ2) is 13.9. The zero-order chi connectivity index (χ0) is 33.4. The summed E-state index contributed by atoms with van der Waals surface area (Å²) in [7, 11) is 1.64. The molecule has 0 radical (unpaired) electrons. The van der Waals surface area contributed by atoms with Gasteiger partial charge in [-0.15, -0.1) is 0 Å². The minimum atomic E-state index is -0.747. The van der Waals surface area contributed by atoms with E-state index in [9.17, 15) is 15.0 Å². The van der Waals surface area contributed by atoms with Gasteiger partial charge in [0.1, 0.15) is 5.75 Å². The molecule has 2 saturated heterocycles. The fourth-order valence-corrected chi connectivity index (χ4v) is 7.67. The van der Waals surface area contributed by atoms with Crippen molar-refractivity contribution in [2.75, 3.05) is 33.3 Å². The Morgan fingerprint density at radius 3 is 2.33 bits per heavy atom. The van der Waals surface area contributed by atoms with E-state index in [-0.39, 0.29) is 12.0 Å². The van der Waals surface area contributed by atoms with Gasteiger partial charge in [0.25, 0.3) is 0 Å². The lowest BCUT2D eigenvalue weighted by Crippen LogP contribution is -2.23. The van der Waals surface area contributed by atoms with Crippen molar-refractivity contribution in [2.45, 2.75) is 38.6 Å². The van der Waals surface area contributed by atoms with Gasteiger partial charge in [-0.3, -0.25) is 19.3 Å². The highest BCUT2D eigenvalue weighted by atomic mass is 35.5. The van der Waals surface area contributed by atoms with E-state index in [0.29, 0.717) is 36.1 Å². The van der Waals surface area contributed by atoms with E-state index in [0.717, 1.165) is 82.6 Å². The largest absolute Gasteiger partial charge is 0.496 e. The number of aromatic nitrogens is 2. The van der Waals surface area contributed by atoms with Gasteiger partial charge in [-0.2, -0.15) is 5.10 Å². The maximum absolute atomic E-state index is 11.4. The molecule has 0 unspecified atom stereocenters. The van der Waals surface area contributed by atoms with Crippen LogP contribution in [0.5, 0.6) is 5.75 Å². The topological polar surface area (TPSA) is 91.1 Å². The minimum Gasteiger partial charge on any atom is -0.496 e. The van der Waals surface area contributed by atoms with Crippen molar-refractivity contribution in [3.05, 3.63) is 106 Å². The van der Waals surface area contributed by atoms with Crippen molar-refractivity contribution in [3.63, 3.8) is 0 Å². The van der Waals surface area contributed by atoms with Crippen molar-refractivity contribution in [1.29, 1.82) is 0 Å². The Labute approximate surface area is 290 Å². The first-order valence-corrected chi connectivity index (χ1v) is 17.1. The fraction of sp³-hybridized carbons (Fsp3) is 0.316. The van der Waals surface area contributed by atoms with E-state index >= 15 is 0 Å². The van der Waals surface area contributed by atoms with Crippen molar-refractivity contribution < 1.29 is 19.7 Å². The number of carbonyl (C=O) groups is 1. The first kappa shape index (κ1) is 32.6. The molecule has 10 heteroatoms. The number of hydrogen-bond acceptors (Lipinski definition) is 6. The molecule has 3 heterocycles. The van der Waals surface area contributed by atoms with Gasteiger partial charge in [0.05, 0.1) is 42.4 Å². The Kier molecular flexibility index (Phi) is 9.45. The molecule has 8 nitrogen and oxygen atoms in total. The Hall–Kier alpha value is -3.92. The summed E-state index contributed by atoms with van der Waals surface area (Å²) >= 11 is 14.0. The van der Waals surface area contributed by atoms with E-state index in [1.165, 1.54) is 5.56 Å². The third kappa shape index (κ3) is 6.68. The third-order valence-electron chi connectivity index (χ3n) is 9.68. The van der Waals surface area contributed by atoms with Gasteiger partial charge >= 0.3 is 5.97 Å². The highest BCUT2D eigenvalue weighted by molar-refractivity contribution is 6.36. The monoisotopic (exact) mass is 684 g/mol. The van der Waals surface area contributed by atoms with Gasteiger partial charge in [0.15, 0.2) is 0 Å². The van der Waals surface area contributed by atoms with Gasteiger partial charge in [0.2, 0.25) is 0 Å². The molecule has 0 saturated carbocycles. The van der Waals surface area contributed by atoms with Crippen molar-refractivity contribution >= 4 is 40.1 Å². The number of ether oxygens (including phenoxy) is 1. The number of β-amino-alcohol motifs (C(OH)–C–C–N with tert-alkyl or cyclic N) is 1. The number of aliphatic hydroxyl groups is 1. The molecule has 2 fully saturated rings. The molecular formula is C38H38Cl2N4O4. The first-order valence-electron chi connectivity index (χ1n) is 16.3. The van der Waals surface area contributed by atoms with Crippen LogP contribution >= 0.6 is 23.2 Å². The number of fused-ring (bicyclic) bond motifs is 1. The Morgan fingerprint density at radius 1 is 0.875 bits per heavy atom. The van der Waals surface area contributed by atoms with Gasteiger partial charge in [-0.25, -0.2) is 0 Å². The maximum atomic E-state index is 11.4. The average molecular weight is 686 g/mol. The number of halogens is 2. The average Bonchev–Trinajstić information content (AvgIpc) is 3.83. The van der Waals surface area contributed by atoms with E-state index < -0.39 is 5.97 Å². The number of carboxylic acids is 1. The maximum Gasteiger partial charge on any atom is 0.307 e. The summed E-state index contributed by atoms with van der Waals surface area (Å²) in [5.41, 5.74) is 7.93. The summed E-state index contributed by atoms with van der Waals surface area (Å²) in [6, 6.07) is 24.7. The summed E-state index contributed by atoms with van der Waals surface area (Å²) in [5, 5.41) is 26.3. The predicted octanol–water partition coefficient (Wildman–Crippen LogP) is 7.21. The van der Waals surface area contributed by atoms with Crippen LogP contribution in [0.3, 0.4) is 0 Å². The zero-order valence-corrected chi connectivity index (χ0v) is 28.3. The van der Waals surface area contributed by atoms with Crippen LogP contribution < -0.4 is 4.74 Å². The Morgan fingerprint density at radius 2 is 1.60 bits per heavy atom. The molecule has 248 valence electrons. The summed E-state index contributed by atoms with van der Waals surface area (Å²) in [6.07, 6.45) is 3.13. The lowest BCUT2D eigenvalue weighted by Gasteiger charge is -2.19. The number of nitrogens with zero attached hydrogens (tertiary/aromatic N) is 4. The molecule has 2 aliphatic rings. The summed E-state index contributed by atoms with van der Waals surface area (Å²) in [5.74, 6) is -0.366. The van der Waals surface area contributed by atoms with Crippen molar-refractivity contribution in [3.8, 4) is 28.0 Å². The van der Waals surface area contributed by atoms with E-state index in [1.807, 2.05) is 47.3 Å². The lowest BCUT2D eigenvalue weighted by atomic mass is 9.96. The number of benzene rings is 4. The van der Waals surface area contributed by atoms with Gasteiger partial charge in [-0.05, 0) is 59.8 Å². The molecular weight excluding hydrogens is 647 g/mol. The second-order valence-corrected chi connectivity index (χ2v) is 13.7. The highest BCUT2D eigenvalue weighted by Crippen LogP contribution is 2.40. The van der Waals surface area contributed by atoms with Crippen LogP contribution in [-0.2, 0) is 24.4 Å². The van der Waals surface area contributed by atoms with Crippen LogP contribution in [0.1, 0.15) is 29.5 Å². The third-order valence-corrected chi connectivity index (χ3v) is 10.4. The molecule has 0 spiro atoms. The SMILES string of the molecule is COc1cc(Cn2ncc3c(-c4cccc(-c5ccc(CN6CC[C@H](O)C6)cc5)c4Cl)cccc32)c(Cl)cc1CN1CC[C@@H](C(=O)O)C1. The van der Waals surface area contributed by atoms with Crippen molar-refractivity contribution in [2.24, 2.45) is 5.92 Å². The zero-order valence-electron chi connectivity index (χ0n) is 26.8. The predicted molar refractivity (Wildman–Crippen MR) is 190 cm³/mol. The molecule has 4 aromatic carbocycles. The van der Waals surface area contributed by atoms with Gasteiger partial charge in [0, 0.05) is 59.8 Å². The quantitative estimate of drug-likeness (QED) is 0.161. The number of likely N-dealkylation sites (tertiary alicyclic amines) is 2. The summed E-state index contributed by atoms with van der Waals surface area (Å²) < 4.78 is 7.69. The summed E-state index contributed by atoms with van der Waals surface area (Å²) in [4.78, 5) is 15.8. The smallest absolute Gasteiger partial charge is 0.307 e. The standard InChI is InChI=1S/C38H38Cl2N4O4/c1-48-36-17-27(34(39)16-28(36)21-43-14-12-26(20-43)38(46)47)22-44-35-7-3-5-31(33(35)18-41-44)32-6-2-4-30(37(32)40)25-10-8-24(9-11-25)19-42-15-13-29(45)23-42/h2-11,16-18,26,29,45H,12-15,19-23H2,1H3,(H,46,47)/t26-,29+/m1/s1. The Bertz CT molecular complexity index is 1960. The second-order valence-electron chi connectivity index (χ2n) is 12.9.